The number of benzene rings is 2. The zero-order valence-electron chi connectivity index (χ0n) is 16.5. The molecule has 0 spiro atoms. The van der Waals surface area contributed by atoms with Gasteiger partial charge in [-0.25, -0.2) is 0 Å². The van der Waals surface area contributed by atoms with E-state index >= 15 is 0 Å². The van der Waals surface area contributed by atoms with Gasteiger partial charge in [0, 0.05) is 5.69 Å². The van der Waals surface area contributed by atoms with Crippen LogP contribution in [0.3, 0.4) is 0 Å². The third-order valence-corrected chi connectivity index (χ3v) is 6.25. The van der Waals surface area contributed by atoms with E-state index < -0.39 is 0 Å². The Morgan fingerprint density at radius 1 is 1.10 bits per heavy atom. The number of amides is 1. The molecule has 0 aliphatic heterocycles. The number of aromatic nitrogens is 3. The average Bonchev–Trinajstić information content (AvgIpc) is 3.44. The van der Waals surface area contributed by atoms with Gasteiger partial charge in [-0.3, -0.25) is 9.36 Å². The normalized spacial score (nSPS) is 10.7. The number of rotatable bonds is 7. The molecule has 6 nitrogen and oxygen atoms in total. The van der Waals surface area contributed by atoms with Crippen LogP contribution in [0.2, 0.25) is 0 Å². The zero-order valence-corrected chi connectivity index (χ0v) is 18.2. The molecule has 0 saturated carbocycles. The van der Waals surface area contributed by atoms with Crippen LogP contribution in [0.15, 0.2) is 71.2 Å². The van der Waals surface area contributed by atoms with Crippen LogP contribution in [-0.2, 0) is 4.79 Å². The summed E-state index contributed by atoms with van der Waals surface area (Å²) in [4.78, 5) is 13.5. The number of ether oxygens (including phenoxy) is 1. The number of nitrogens with zero attached hydrogens (tertiary/aromatic N) is 3. The molecule has 8 heteroatoms. The molecule has 2 aromatic heterocycles. The summed E-state index contributed by atoms with van der Waals surface area (Å²) in [5.41, 5.74) is 2.75. The summed E-state index contributed by atoms with van der Waals surface area (Å²) in [5, 5.41) is 14.4. The highest BCUT2D eigenvalue weighted by Gasteiger charge is 2.18. The summed E-state index contributed by atoms with van der Waals surface area (Å²) >= 11 is 2.95. The summed E-state index contributed by atoms with van der Waals surface area (Å²) in [6.07, 6.45) is 0. The number of thioether (sulfide) groups is 1. The lowest BCUT2D eigenvalue weighted by Gasteiger charge is -2.11. The number of nitrogens with one attached hydrogen (secondary N) is 1. The van der Waals surface area contributed by atoms with Crippen LogP contribution in [0.5, 0.6) is 5.75 Å². The van der Waals surface area contributed by atoms with Crippen molar-refractivity contribution in [1.29, 1.82) is 0 Å². The first kappa shape index (κ1) is 20.2. The summed E-state index contributed by atoms with van der Waals surface area (Å²) in [6, 6.07) is 19.4. The Bertz CT molecular complexity index is 1140. The summed E-state index contributed by atoms with van der Waals surface area (Å²) in [7, 11) is 1.64. The van der Waals surface area contributed by atoms with Crippen LogP contribution >= 0.6 is 23.1 Å². The smallest absolute Gasteiger partial charge is 0.234 e. The van der Waals surface area contributed by atoms with Crippen molar-refractivity contribution in [3.8, 4) is 22.1 Å². The molecule has 4 rings (SSSR count). The largest absolute Gasteiger partial charge is 0.497 e. The van der Waals surface area contributed by atoms with E-state index in [1.807, 2.05) is 77.5 Å². The van der Waals surface area contributed by atoms with E-state index in [2.05, 4.69) is 15.5 Å². The second-order valence-corrected chi connectivity index (χ2v) is 8.36. The SMILES string of the molecule is COc1ccc(-n2c(SCC(=O)Nc3ccccc3C)nnc2-c2cccs2)cc1. The van der Waals surface area contributed by atoms with Gasteiger partial charge in [0.15, 0.2) is 11.0 Å². The number of thiophene rings is 1. The first-order valence-corrected chi connectivity index (χ1v) is 11.1. The van der Waals surface area contributed by atoms with E-state index in [4.69, 9.17) is 4.74 Å². The van der Waals surface area contributed by atoms with Crippen LogP contribution in [-0.4, -0.2) is 33.5 Å². The molecular formula is C22H20N4O2S2. The van der Waals surface area contributed by atoms with Crippen molar-refractivity contribution in [2.45, 2.75) is 12.1 Å². The summed E-state index contributed by atoms with van der Waals surface area (Å²) < 4.78 is 7.24. The Morgan fingerprint density at radius 3 is 2.60 bits per heavy atom. The summed E-state index contributed by atoms with van der Waals surface area (Å²) in [5.74, 6) is 1.66. The number of hydrogen-bond acceptors (Lipinski definition) is 6. The van der Waals surface area contributed by atoms with Crippen LogP contribution < -0.4 is 10.1 Å². The van der Waals surface area contributed by atoms with Crippen LogP contribution in [0.1, 0.15) is 5.56 Å². The Labute approximate surface area is 182 Å². The van der Waals surface area contributed by atoms with Crippen molar-refractivity contribution >= 4 is 34.7 Å². The molecule has 2 aromatic carbocycles. The van der Waals surface area contributed by atoms with Crippen molar-refractivity contribution in [3.05, 3.63) is 71.6 Å². The molecule has 0 radical (unpaired) electrons. The van der Waals surface area contributed by atoms with Gasteiger partial charge in [0.2, 0.25) is 5.91 Å². The first-order valence-electron chi connectivity index (χ1n) is 9.27. The molecule has 30 heavy (non-hydrogen) atoms. The molecule has 152 valence electrons. The van der Waals surface area contributed by atoms with E-state index in [-0.39, 0.29) is 11.7 Å². The topological polar surface area (TPSA) is 69.0 Å². The van der Waals surface area contributed by atoms with Crippen molar-refractivity contribution in [2.24, 2.45) is 0 Å². The predicted octanol–water partition coefficient (Wildman–Crippen LogP) is 5.04. The summed E-state index contributed by atoms with van der Waals surface area (Å²) in [6.45, 7) is 1.97. The molecule has 0 bridgehead atoms. The molecule has 4 aromatic rings. The van der Waals surface area contributed by atoms with E-state index in [1.165, 1.54) is 11.8 Å². The molecule has 0 atom stereocenters. The van der Waals surface area contributed by atoms with E-state index in [1.54, 1.807) is 18.4 Å². The number of carbonyl (C=O) groups is 1. The molecule has 0 aliphatic rings. The third kappa shape index (κ3) is 4.39. The monoisotopic (exact) mass is 436 g/mol. The lowest BCUT2D eigenvalue weighted by Crippen LogP contribution is -2.15. The van der Waals surface area contributed by atoms with Gasteiger partial charge in [-0.1, -0.05) is 36.0 Å². The molecular weight excluding hydrogens is 416 g/mol. The van der Waals surface area contributed by atoms with Crippen molar-refractivity contribution in [1.82, 2.24) is 14.8 Å². The number of anilines is 1. The zero-order chi connectivity index (χ0) is 20.9. The number of carbonyl (C=O) groups excluding carboxylic acids is 1. The highest BCUT2D eigenvalue weighted by Crippen LogP contribution is 2.31. The fourth-order valence-corrected chi connectivity index (χ4v) is 4.37. The van der Waals surface area contributed by atoms with E-state index in [0.717, 1.165) is 33.4 Å². The number of methoxy groups -OCH3 is 1. The van der Waals surface area contributed by atoms with Crippen LogP contribution in [0.4, 0.5) is 5.69 Å². The number of aryl methyl sites for hydroxylation is 1. The third-order valence-electron chi connectivity index (χ3n) is 4.46. The number of para-hydroxylation sites is 1. The molecule has 1 N–H and O–H groups in total. The van der Waals surface area contributed by atoms with Gasteiger partial charge in [0.05, 0.1) is 23.4 Å². The Kier molecular flexibility index (Phi) is 6.15. The molecule has 0 fully saturated rings. The Hall–Kier alpha value is -3.10. The average molecular weight is 437 g/mol. The van der Waals surface area contributed by atoms with Gasteiger partial charge in [-0.15, -0.1) is 21.5 Å². The Morgan fingerprint density at radius 2 is 1.90 bits per heavy atom. The minimum atomic E-state index is -0.0868. The maximum absolute atomic E-state index is 12.5. The lowest BCUT2D eigenvalue weighted by atomic mass is 10.2. The quantitative estimate of drug-likeness (QED) is 0.411. The number of hydrogen-bond donors (Lipinski definition) is 1. The van der Waals surface area contributed by atoms with Crippen LogP contribution in [0, 0.1) is 6.92 Å². The fourth-order valence-electron chi connectivity index (χ4n) is 2.92. The van der Waals surface area contributed by atoms with Crippen molar-refractivity contribution in [2.75, 3.05) is 18.2 Å². The van der Waals surface area contributed by atoms with Gasteiger partial charge in [0.1, 0.15) is 5.75 Å². The molecule has 1 amide bonds. The van der Waals surface area contributed by atoms with Gasteiger partial charge >= 0.3 is 0 Å². The van der Waals surface area contributed by atoms with E-state index in [9.17, 15) is 4.79 Å². The van der Waals surface area contributed by atoms with Crippen LogP contribution in [0.25, 0.3) is 16.4 Å². The minimum absolute atomic E-state index is 0.0868. The highest BCUT2D eigenvalue weighted by atomic mass is 32.2. The van der Waals surface area contributed by atoms with Crippen molar-refractivity contribution < 1.29 is 9.53 Å². The highest BCUT2D eigenvalue weighted by molar-refractivity contribution is 7.99. The first-order chi connectivity index (χ1) is 14.7. The maximum Gasteiger partial charge on any atom is 0.234 e. The second kappa shape index (κ2) is 9.15. The predicted molar refractivity (Wildman–Crippen MR) is 122 cm³/mol. The molecule has 2 heterocycles. The maximum atomic E-state index is 12.5. The molecule has 0 unspecified atom stereocenters. The van der Waals surface area contributed by atoms with Crippen molar-refractivity contribution in [3.63, 3.8) is 0 Å². The molecule has 0 aliphatic carbocycles. The van der Waals surface area contributed by atoms with Gasteiger partial charge in [-0.05, 0) is 54.3 Å². The molecule has 0 saturated heterocycles. The Balaban J connectivity index is 1.58. The second-order valence-electron chi connectivity index (χ2n) is 6.47. The van der Waals surface area contributed by atoms with Gasteiger partial charge < -0.3 is 10.1 Å². The minimum Gasteiger partial charge on any atom is -0.497 e. The standard InChI is InChI=1S/C22H20N4O2S2/c1-15-6-3-4-7-18(15)23-20(27)14-30-22-25-24-21(19-8-5-13-29-19)26(22)16-9-11-17(28-2)12-10-16/h3-13H,14H2,1-2H3,(H,23,27). The van der Waals surface area contributed by atoms with E-state index in [0.29, 0.717) is 5.16 Å². The van der Waals surface area contributed by atoms with Gasteiger partial charge in [0.25, 0.3) is 0 Å². The fraction of sp³-hybridized carbons (Fsp3) is 0.136. The lowest BCUT2D eigenvalue weighted by molar-refractivity contribution is -0.113. The van der Waals surface area contributed by atoms with Gasteiger partial charge in [-0.2, -0.15) is 0 Å².